The van der Waals surface area contributed by atoms with Gasteiger partial charge in [-0.2, -0.15) is 0 Å². The SMILES string of the molecule is CC1CC(C(N)Cc2ccc(Cl)cc2)CO1. The maximum absolute atomic E-state index is 6.20. The third-order valence-corrected chi connectivity index (χ3v) is 3.47. The second kappa shape index (κ2) is 5.17. The summed E-state index contributed by atoms with van der Waals surface area (Å²) in [6.07, 6.45) is 2.34. The number of hydrogen-bond acceptors (Lipinski definition) is 2. The Morgan fingerprint density at radius 3 is 2.69 bits per heavy atom. The highest BCUT2D eigenvalue weighted by molar-refractivity contribution is 6.30. The normalized spacial score (nSPS) is 26.9. The van der Waals surface area contributed by atoms with E-state index in [0.29, 0.717) is 12.0 Å². The van der Waals surface area contributed by atoms with Crippen molar-refractivity contribution in [2.45, 2.75) is 31.9 Å². The predicted molar refractivity (Wildman–Crippen MR) is 66.7 cm³/mol. The van der Waals surface area contributed by atoms with Gasteiger partial charge in [0.25, 0.3) is 0 Å². The summed E-state index contributed by atoms with van der Waals surface area (Å²) in [6.45, 7) is 2.91. The quantitative estimate of drug-likeness (QED) is 0.880. The molecule has 0 spiro atoms. The van der Waals surface area contributed by atoms with Crippen molar-refractivity contribution in [1.82, 2.24) is 0 Å². The summed E-state index contributed by atoms with van der Waals surface area (Å²) in [5.41, 5.74) is 7.45. The summed E-state index contributed by atoms with van der Waals surface area (Å²) < 4.78 is 5.54. The van der Waals surface area contributed by atoms with Crippen molar-refractivity contribution in [1.29, 1.82) is 0 Å². The van der Waals surface area contributed by atoms with Gasteiger partial charge in [0.2, 0.25) is 0 Å². The topological polar surface area (TPSA) is 35.2 Å². The fourth-order valence-electron chi connectivity index (χ4n) is 2.21. The minimum atomic E-state index is 0.186. The first kappa shape index (κ1) is 11.9. The van der Waals surface area contributed by atoms with Crippen molar-refractivity contribution in [3.05, 3.63) is 34.9 Å². The van der Waals surface area contributed by atoms with Crippen LogP contribution in [-0.4, -0.2) is 18.8 Å². The molecule has 2 nitrogen and oxygen atoms in total. The molecule has 16 heavy (non-hydrogen) atoms. The van der Waals surface area contributed by atoms with E-state index in [1.54, 1.807) is 0 Å². The lowest BCUT2D eigenvalue weighted by molar-refractivity contribution is 0.118. The molecule has 1 saturated heterocycles. The van der Waals surface area contributed by atoms with Crippen LogP contribution in [0.4, 0.5) is 0 Å². The van der Waals surface area contributed by atoms with Gasteiger partial charge in [0, 0.05) is 17.0 Å². The van der Waals surface area contributed by atoms with E-state index in [0.717, 1.165) is 24.5 Å². The number of hydrogen-bond donors (Lipinski definition) is 1. The second-order valence-corrected chi connectivity index (χ2v) is 5.07. The Balaban J connectivity index is 1.91. The fraction of sp³-hybridized carbons (Fsp3) is 0.538. The molecular formula is C13H18ClNO. The van der Waals surface area contributed by atoms with Crippen LogP contribution in [0, 0.1) is 5.92 Å². The van der Waals surface area contributed by atoms with Crippen molar-refractivity contribution in [2.75, 3.05) is 6.61 Å². The van der Waals surface area contributed by atoms with Gasteiger partial charge < -0.3 is 10.5 Å². The highest BCUT2D eigenvalue weighted by atomic mass is 35.5. The van der Waals surface area contributed by atoms with Crippen LogP contribution in [-0.2, 0) is 11.2 Å². The van der Waals surface area contributed by atoms with Gasteiger partial charge in [-0.15, -0.1) is 0 Å². The van der Waals surface area contributed by atoms with E-state index in [4.69, 9.17) is 22.1 Å². The average molecular weight is 240 g/mol. The van der Waals surface area contributed by atoms with Crippen LogP contribution in [0.2, 0.25) is 5.02 Å². The molecule has 0 amide bonds. The van der Waals surface area contributed by atoms with Gasteiger partial charge >= 0.3 is 0 Å². The van der Waals surface area contributed by atoms with Gasteiger partial charge in [-0.3, -0.25) is 0 Å². The van der Waals surface area contributed by atoms with Crippen LogP contribution in [0.25, 0.3) is 0 Å². The van der Waals surface area contributed by atoms with Gasteiger partial charge in [-0.1, -0.05) is 23.7 Å². The van der Waals surface area contributed by atoms with E-state index < -0.39 is 0 Å². The third kappa shape index (κ3) is 2.97. The molecule has 1 heterocycles. The van der Waals surface area contributed by atoms with E-state index in [2.05, 4.69) is 6.92 Å². The monoisotopic (exact) mass is 239 g/mol. The van der Waals surface area contributed by atoms with Gasteiger partial charge in [-0.05, 0) is 37.5 Å². The smallest absolute Gasteiger partial charge is 0.0551 e. The van der Waals surface area contributed by atoms with E-state index in [-0.39, 0.29) is 6.04 Å². The first-order valence-corrected chi connectivity index (χ1v) is 6.14. The molecule has 0 saturated carbocycles. The lowest BCUT2D eigenvalue weighted by atomic mass is 9.92. The molecule has 1 aliphatic heterocycles. The zero-order chi connectivity index (χ0) is 11.5. The zero-order valence-electron chi connectivity index (χ0n) is 9.53. The maximum atomic E-state index is 6.20. The fourth-order valence-corrected chi connectivity index (χ4v) is 2.33. The van der Waals surface area contributed by atoms with Crippen LogP contribution < -0.4 is 5.73 Å². The van der Waals surface area contributed by atoms with Gasteiger partial charge in [-0.25, -0.2) is 0 Å². The van der Waals surface area contributed by atoms with Crippen molar-refractivity contribution in [3.8, 4) is 0 Å². The van der Waals surface area contributed by atoms with Gasteiger partial charge in [0.05, 0.1) is 12.7 Å². The van der Waals surface area contributed by atoms with Crippen LogP contribution >= 0.6 is 11.6 Å². The molecule has 3 heteroatoms. The molecule has 2 rings (SSSR count). The molecule has 3 atom stereocenters. The van der Waals surface area contributed by atoms with E-state index >= 15 is 0 Å². The van der Waals surface area contributed by atoms with Crippen molar-refractivity contribution in [3.63, 3.8) is 0 Å². The first-order chi connectivity index (χ1) is 7.65. The van der Waals surface area contributed by atoms with Crippen LogP contribution in [0.15, 0.2) is 24.3 Å². The van der Waals surface area contributed by atoms with Crippen LogP contribution in [0.1, 0.15) is 18.9 Å². The summed E-state index contributed by atoms with van der Waals surface area (Å²) in [5, 5.41) is 0.773. The van der Waals surface area contributed by atoms with Crippen molar-refractivity contribution in [2.24, 2.45) is 11.7 Å². The van der Waals surface area contributed by atoms with Crippen molar-refractivity contribution >= 4 is 11.6 Å². The Kier molecular flexibility index (Phi) is 3.85. The summed E-state index contributed by atoms with van der Waals surface area (Å²) in [7, 11) is 0. The summed E-state index contributed by atoms with van der Waals surface area (Å²) in [5.74, 6) is 0.491. The molecule has 0 radical (unpaired) electrons. The lowest BCUT2D eigenvalue weighted by Crippen LogP contribution is -2.32. The van der Waals surface area contributed by atoms with Crippen LogP contribution in [0.5, 0.6) is 0 Å². The molecule has 2 N–H and O–H groups in total. The summed E-state index contributed by atoms with van der Waals surface area (Å²) in [4.78, 5) is 0. The number of ether oxygens (including phenoxy) is 1. The molecule has 1 aromatic rings. The summed E-state index contributed by atoms with van der Waals surface area (Å²) in [6, 6.07) is 8.10. The third-order valence-electron chi connectivity index (χ3n) is 3.22. The Labute approximate surface area is 102 Å². The Morgan fingerprint density at radius 2 is 2.12 bits per heavy atom. The molecule has 0 bridgehead atoms. The molecule has 0 aromatic heterocycles. The standard InChI is InChI=1S/C13H18ClNO/c1-9-6-11(8-16-9)13(15)7-10-2-4-12(14)5-3-10/h2-5,9,11,13H,6-8,15H2,1H3. The Morgan fingerprint density at radius 1 is 1.44 bits per heavy atom. The van der Waals surface area contributed by atoms with Crippen LogP contribution in [0.3, 0.4) is 0 Å². The lowest BCUT2D eigenvalue weighted by Gasteiger charge is -2.17. The molecule has 1 fully saturated rings. The highest BCUT2D eigenvalue weighted by Gasteiger charge is 2.27. The molecular weight excluding hydrogens is 222 g/mol. The summed E-state index contributed by atoms with van der Waals surface area (Å²) >= 11 is 5.84. The van der Waals surface area contributed by atoms with Gasteiger partial charge in [0.1, 0.15) is 0 Å². The minimum Gasteiger partial charge on any atom is -0.378 e. The minimum absolute atomic E-state index is 0.186. The van der Waals surface area contributed by atoms with E-state index in [9.17, 15) is 0 Å². The number of rotatable bonds is 3. The second-order valence-electron chi connectivity index (χ2n) is 4.63. The molecule has 1 aliphatic rings. The van der Waals surface area contributed by atoms with E-state index in [1.807, 2.05) is 24.3 Å². The number of halogens is 1. The largest absolute Gasteiger partial charge is 0.378 e. The average Bonchev–Trinajstić information content (AvgIpc) is 2.68. The highest BCUT2D eigenvalue weighted by Crippen LogP contribution is 2.23. The van der Waals surface area contributed by atoms with Gasteiger partial charge in [0.15, 0.2) is 0 Å². The predicted octanol–water partition coefficient (Wildman–Crippen LogP) is 2.63. The first-order valence-electron chi connectivity index (χ1n) is 5.77. The molecule has 3 unspecified atom stereocenters. The maximum Gasteiger partial charge on any atom is 0.0551 e. The molecule has 1 aromatic carbocycles. The molecule has 88 valence electrons. The Bertz CT molecular complexity index is 338. The van der Waals surface area contributed by atoms with E-state index in [1.165, 1.54) is 5.56 Å². The van der Waals surface area contributed by atoms with Crippen molar-refractivity contribution < 1.29 is 4.74 Å². The Hall–Kier alpha value is -0.570. The number of benzene rings is 1. The zero-order valence-corrected chi connectivity index (χ0v) is 10.3. The molecule has 0 aliphatic carbocycles. The number of nitrogens with two attached hydrogens (primary N) is 1.